The Kier molecular flexibility index (Phi) is 3.89. The number of hydrogen-bond acceptors (Lipinski definition) is 4. The molecule has 1 aromatic rings. The molecule has 0 bridgehead atoms. The molecule has 0 radical (unpaired) electrons. The largest absolute Gasteiger partial charge is 0.286 e. The number of anilines is 1. The second kappa shape index (κ2) is 4.96. The van der Waals surface area contributed by atoms with E-state index in [0.717, 1.165) is 3.57 Å². The quantitative estimate of drug-likeness (QED) is 0.574. The first kappa shape index (κ1) is 15.7. The van der Waals surface area contributed by atoms with Crippen molar-refractivity contribution >= 4 is 44.1 Å². The highest BCUT2D eigenvalue weighted by Gasteiger charge is 2.36. The van der Waals surface area contributed by atoms with Crippen molar-refractivity contribution in [1.29, 1.82) is 0 Å². The number of fused-ring (bicyclic) bond motifs is 1. The molecule has 2 N–H and O–H groups in total. The van der Waals surface area contributed by atoms with Gasteiger partial charge in [-0.3, -0.25) is 5.01 Å². The highest BCUT2D eigenvalue weighted by Crippen LogP contribution is 2.36. The molecule has 0 amide bonds. The third-order valence-corrected chi connectivity index (χ3v) is 5.59. The number of nitrogens with zero attached hydrogens (tertiary/aromatic N) is 2. The lowest BCUT2D eigenvalue weighted by Gasteiger charge is -2.35. The number of hydrogen-bond donors (Lipinski definition) is 1. The average molecular weight is 407 g/mol. The second-order valence-corrected chi connectivity index (χ2v) is 8.81. The normalized spacial score (nSPS) is 19.3. The average Bonchev–Trinajstić information content (AvgIpc) is 2.32. The molecular formula is C13H18IN3O2S. The van der Waals surface area contributed by atoms with Crippen molar-refractivity contribution in [2.24, 2.45) is 21.6 Å². The predicted molar refractivity (Wildman–Crippen MR) is 89.1 cm³/mol. The summed E-state index contributed by atoms with van der Waals surface area (Å²) >= 11 is 2.07. The molecule has 110 valence electrons. The molecular weight excluding hydrogens is 389 g/mol. The van der Waals surface area contributed by atoms with Gasteiger partial charge in [0.15, 0.2) is 0 Å². The van der Waals surface area contributed by atoms with Crippen LogP contribution in [0.15, 0.2) is 27.5 Å². The van der Waals surface area contributed by atoms with Crippen molar-refractivity contribution in [2.45, 2.75) is 32.6 Å². The summed E-state index contributed by atoms with van der Waals surface area (Å²) in [5, 5.41) is 1.39. The molecule has 1 heterocycles. The van der Waals surface area contributed by atoms with Gasteiger partial charge in [-0.1, -0.05) is 27.7 Å². The van der Waals surface area contributed by atoms with Crippen LogP contribution in [-0.4, -0.2) is 14.3 Å². The molecule has 0 aliphatic carbocycles. The van der Waals surface area contributed by atoms with Crippen LogP contribution < -0.4 is 10.9 Å². The van der Waals surface area contributed by atoms with E-state index in [1.165, 1.54) is 5.01 Å². The lowest BCUT2D eigenvalue weighted by molar-refractivity contribution is 0.330. The molecule has 1 unspecified atom stereocenters. The molecule has 0 saturated heterocycles. The number of sulfonamides is 1. The summed E-state index contributed by atoms with van der Waals surface area (Å²) < 4.78 is 29.4. The third kappa shape index (κ3) is 2.71. The van der Waals surface area contributed by atoms with E-state index >= 15 is 0 Å². The maximum Gasteiger partial charge on any atom is 0.286 e. The van der Waals surface area contributed by atoms with Gasteiger partial charge in [0.1, 0.15) is 10.7 Å². The van der Waals surface area contributed by atoms with Gasteiger partial charge < -0.3 is 0 Å². The van der Waals surface area contributed by atoms with E-state index in [-0.39, 0.29) is 16.2 Å². The first-order chi connectivity index (χ1) is 9.04. The number of hydrazine groups is 1. The third-order valence-electron chi connectivity index (χ3n) is 3.61. The van der Waals surface area contributed by atoms with Gasteiger partial charge in [-0.15, -0.1) is 4.40 Å². The Balaban J connectivity index is 2.62. The minimum absolute atomic E-state index is 0.0882. The van der Waals surface area contributed by atoms with Crippen molar-refractivity contribution in [3.63, 3.8) is 0 Å². The Morgan fingerprint density at radius 2 is 1.95 bits per heavy atom. The molecule has 0 aromatic heterocycles. The molecule has 5 nitrogen and oxygen atoms in total. The molecule has 2 rings (SSSR count). The van der Waals surface area contributed by atoms with Crippen molar-refractivity contribution in [3.05, 3.63) is 21.8 Å². The van der Waals surface area contributed by atoms with E-state index in [9.17, 15) is 8.42 Å². The first-order valence-corrected chi connectivity index (χ1v) is 8.75. The summed E-state index contributed by atoms with van der Waals surface area (Å²) in [5.41, 5.74) is 0.346. The van der Waals surface area contributed by atoms with E-state index in [1.54, 1.807) is 12.1 Å². The van der Waals surface area contributed by atoms with Gasteiger partial charge in [-0.25, -0.2) is 5.84 Å². The Morgan fingerprint density at radius 1 is 1.35 bits per heavy atom. The second-order valence-electron chi connectivity index (χ2n) is 5.99. The summed E-state index contributed by atoms with van der Waals surface area (Å²) in [6, 6.07) is 5.14. The Labute approximate surface area is 133 Å². The van der Waals surface area contributed by atoms with Crippen molar-refractivity contribution in [3.8, 4) is 0 Å². The number of halogens is 1. The van der Waals surface area contributed by atoms with E-state index in [0.29, 0.717) is 11.5 Å². The SMILES string of the molecule is CC(C1=NS(=O)(=O)c2cc(I)ccc2N1N)C(C)(C)C. The highest BCUT2D eigenvalue weighted by molar-refractivity contribution is 14.1. The molecule has 0 spiro atoms. The summed E-state index contributed by atoms with van der Waals surface area (Å²) in [7, 11) is -3.69. The van der Waals surface area contributed by atoms with Crippen LogP contribution in [0.1, 0.15) is 27.7 Å². The summed E-state index contributed by atoms with van der Waals surface area (Å²) in [6.45, 7) is 8.03. The molecule has 1 aliphatic heterocycles. The van der Waals surface area contributed by atoms with Crippen molar-refractivity contribution in [2.75, 3.05) is 5.01 Å². The van der Waals surface area contributed by atoms with Crippen molar-refractivity contribution < 1.29 is 8.42 Å². The zero-order chi connectivity index (χ0) is 15.3. The molecule has 1 aromatic carbocycles. The lowest BCUT2D eigenvalue weighted by Crippen LogP contribution is -2.47. The molecule has 7 heteroatoms. The van der Waals surface area contributed by atoms with Gasteiger partial charge in [0.25, 0.3) is 10.0 Å². The van der Waals surface area contributed by atoms with Crippen LogP contribution in [0.5, 0.6) is 0 Å². The van der Waals surface area contributed by atoms with E-state index < -0.39 is 10.0 Å². The van der Waals surface area contributed by atoms with Crippen LogP contribution in [0.3, 0.4) is 0 Å². The van der Waals surface area contributed by atoms with Crippen LogP contribution in [0.2, 0.25) is 0 Å². The topological polar surface area (TPSA) is 75.8 Å². The Bertz CT molecular complexity index is 677. The minimum Gasteiger partial charge on any atom is -0.263 e. The van der Waals surface area contributed by atoms with Gasteiger partial charge in [-0.05, 0) is 46.2 Å². The Morgan fingerprint density at radius 3 is 2.50 bits per heavy atom. The molecule has 0 fully saturated rings. The monoisotopic (exact) mass is 407 g/mol. The van der Waals surface area contributed by atoms with Crippen LogP contribution >= 0.6 is 22.6 Å². The maximum atomic E-state index is 12.3. The summed E-state index contributed by atoms with van der Waals surface area (Å²) in [4.78, 5) is 0.164. The van der Waals surface area contributed by atoms with Crippen LogP contribution in [0.4, 0.5) is 5.69 Å². The van der Waals surface area contributed by atoms with Gasteiger partial charge in [0, 0.05) is 9.49 Å². The molecule has 0 saturated carbocycles. The number of nitrogens with two attached hydrogens (primary N) is 1. The predicted octanol–water partition coefficient (Wildman–Crippen LogP) is 2.75. The zero-order valence-electron chi connectivity index (χ0n) is 11.9. The van der Waals surface area contributed by atoms with Crippen LogP contribution in [0, 0.1) is 14.9 Å². The zero-order valence-corrected chi connectivity index (χ0v) is 14.9. The van der Waals surface area contributed by atoms with Crippen LogP contribution in [-0.2, 0) is 10.0 Å². The number of rotatable bonds is 1. The van der Waals surface area contributed by atoms with E-state index in [4.69, 9.17) is 5.84 Å². The van der Waals surface area contributed by atoms with Gasteiger partial charge >= 0.3 is 0 Å². The standard InChI is InChI=1S/C13H18IN3O2S/c1-8(13(2,3)4)12-16-20(18,19)11-7-9(14)5-6-10(11)17(12)15/h5-8H,15H2,1-4H3. The summed E-state index contributed by atoms with van der Waals surface area (Å²) in [5.74, 6) is 6.39. The van der Waals surface area contributed by atoms with Gasteiger partial charge in [0.05, 0.1) is 5.69 Å². The smallest absolute Gasteiger partial charge is 0.263 e. The minimum atomic E-state index is -3.69. The molecule has 1 atom stereocenters. The maximum absolute atomic E-state index is 12.3. The number of amidine groups is 1. The fourth-order valence-corrected chi connectivity index (χ4v) is 3.91. The molecule has 20 heavy (non-hydrogen) atoms. The highest BCUT2D eigenvalue weighted by atomic mass is 127. The Hall–Kier alpha value is -0.670. The van der Waals surface area contributed by atoms with Gasteiger partial charge in [0.2, 0.25) is 0 Å². The van der Waals surface area contributed by atoms with Gasteiger partial charge in [-0.2, -0.15) is 8.42 Å². The van der Waals surface area contributed by atoms with Crippen LogP contribution in [0.25, 0.3) is 0 Å². The van der Waals surface area contributed by atoms with E-state index in [2.05, 4.69) is 27.0 Å². The van der Waals surface area contributed by atoms with E-state index in [1.807, 2.05) is 33.8 Å². The first-order valence-electron chi connectivity index (χ1n) is 6.23. The van der Waals surface area contributed by atoms with Crippen molar-refractivity contribution in [1.82, 2.24) is 0 Å². The summed E-state index contributed by atoms with van der Waals surface area (Å²) in [6.07, 6.45) is 0. The lowest BCUT2D eigenvalue weighted by atomic mass is 9.81. The number of benzene rings is 1. The fraction of sp³-hybridized carbons (Fsp3) is 0.462. The molecule has 1 aliphatic rings. The fourth-order valence-electron chi connectivity index (χ4n) is 1.91.